The summed E-state index contributed by atoms with van der Waals surface area (Å²) in [6.45, 7) is 2.80. The molecule has 1 aliphatic heterocycles. The Morgan fingerprint density at radius 2 is 1.81 bits per heavy atom. The van der Waals surface area contributed by atoms with Crippen LogP contribution in [-0.4, -0.2) is 27.2 Å². The summed E-state index contributed by atoms with van der Waals surface area (Å²) >= 11 is 6.23. The van der Waals surface area contributed by atoms with Crippen molar-refractivity contribution in [2.24, 2.45) is 0 Å². The Bertz CT molecular complexity index is 642. The molecule has 0 bridgehead atoms. The van der Waals surface area contributed by atoms with Crippen molar-refractivity contribution in [1.82, 2.24) is 5.32 Å². The molecule has 1 aliphatic rings. The highest BCUT2D eigenvalue weighted by Crippen LogP contribution is 2.39. The van der Waals surface area contributed by atoms with E-state index < -0.39 is 0 Å². The smallest absolute Gasteiger partial charge is 0.0649 e. The minimum Gasteiger partial charge on any atom is -0.371 e. The Hall–Kier alpha value is -1.71. The van der Waals surface area contributed by atoms with Crippen molar-refractivity contribution in [3.8, 4) is 0 Å². The zero-order valence-corrected chi connectivity index (χ0v) is 13.2. The molecule has 2 aromatic carbocycles. The predicted molar refractivity (Wildman–Crippen MR) is 90.9 cm³/mol. The number of fused-ring (bicyclic) bond motifs is 1. The molecular weight excluding hydrogens is 282 g/mol. The number of rotatable bonds is 3. The summed E-state index contributed by atoms with van der Waals surface area (Å²) in [5.41, 5.74) is 4.96. The van der Waals surface area contributed by atoms with Crippen molar-refractivity contribution >= 4 is 28.7 Å². The monoisotopic (exact) mass is 301 g/mol. The Labute approximate surface area is 131 Å². The molecule has 0 unspecified atom stereocenters. The number of hydrogen-bond acceptors (Lipinski definition) is 3. The number of nitrogens with zero attached hydrogens (tertiary/aromatic N) is 2. The molecule has 0 aromatic heterocycles. The minimum absolute atomic E-state index is 0.779. The van der Waals surface area contributed by atoms with Gasteiger partial charge in [0.1, 0.15) is 0 Å². The fourth-order valence-electron chi connectivity index (χ4n) is 2.88. The molecule has 0 amide bonds. The van der Waals surface area contributed by atoms with Crippen LogP contribution < -0.4 is 15.1 Å². The molecule has 0 saturated carbocycles. The van der Waals surface area contributed by atoms with Crippen LogP contribution in [0.15, 0.2) is 42.5 Å². The SMILES string of the molecule is CNCc1ccc(Cl)cc1N1CCN(C)c2ccccc21. The van der Waals surface area contributed by atoms with E-state index in [9.17, 15) is 0 Å². The van der Waals surface area contributed by atoms with Crippen LogP contribution in [0.3, 0.4) is 0 Å². The van der Waals surface area contributed by atoms with E-state index in [1.165, 1.54) is 22.6 Å². The lowest BCUT2D eigenvalue weighted by Crippen LogP contribution is -2.37. The van der Waals surface area contributed by atoms with Crippen LogP contribution in [0.1, 0.15) is 5.56 Å². The van der Waals surface area contributed by atoms with Gasteiger partial charge in [0.05, 0.1) is 11.4 Å². The number of benzene rings is 2. The van der Waals surface area contributed by atoms with Gasteiger partial charge in [-0.1, -0.05) is 29.8 Å². The molecule has 4 heteroatoms. The first-order chi connectivity index (χ1) is 10.2. The lowest BCUT2D eigenvalue weighted by Gasteiger charge is -2.38. The van der Waals surface area contributed by atoms with E-state index in [2.05, 4.69) is 58.6 Å². The van der Waals surface area contributed by atoms with E-state index >= 15 is 0 Å². The lowest BCUT2D eigenvalue weighted by molar-refractivity contribution is 0.792. The molecule has 1 N–H and O–H groups in total. The van der Waals surface area contributed by atoms with Crippen LogP contribution in [0.2, 0.25) is 5.02 Å². The maximum atomic E-state index is 6.23. The van der Waals surface area contributed by atoms with Crippen molar-refractivity contribution in [1.29, 1.82) is 0 Å². The van der Waals surface area contributed by atoms with E-state index in [1.54, 1.807) is 0 Å². The summed E-state index contributed by atoms with van der Waals surface area (Å²) in [5, 5.41) is 4.01. The van der Waals surface area contributed by atoms with E-state index in [-0.39, 0.29) is 0 Å². The Morgan fingerprint density at radius 3 is 2.57 bits per heavy atom. The zero-order valence-electron chi connectivity index (χ0n) is 12.4. The van der Waals surface area contributed by atoms with Gasteiger partial charge in [0, 0.05) is 37.4 Å². The van der Waals surface area contributed by atoms with E-state index in [1.807, 2.05) is 13.1 Å². The normalized spacial score (nSPS) is 14.2. The molecule has 0 fully saturated rings. The average Bonchev–Trinajstić information content (AvgIpc) is 2.50. The fraction of sp³-hybridized carbons (Fsp3) is 0.294. The maximum Gasteiger partial charge on any atom is 0.0649 e. The summed E-state index contributed by atoms with van der Waals surface area (Å²) < 4.78 is 0. The summed E-state index contributed by atoms with van der Waals surface area (Å²) in [7, 11) is 4.11. The molecule has 3 nitrogen and oxygen atoms in total. The van der Waals surface area contributed by atoms with Crippen LogP contribution in [0.4, 0.5) is 17.1 Å². The average molecular weight is 302 g/mol. The van der Waals surface area contributed by atoms with E-state index in [4.69, 9.17) is 11.6 Å². The summed E-state index contributed by atoms with van der Waals surface area (Å²) in [4.78, 5) is 4.67. The largest absolute Gasteiger partial charge is 0.371 e. The highest BCUT2D eigenvalue weighted by atomic mass is 35.5. The number of likely N-dealkylation sites (N-methyl/N-ethyl adjacent to an activating group) is 1. The van der Waals surface area contributed by atoms with Crippen LogP contribution >= 0.6 is 11.6 Å². The van der Waals surface area contributed by atoms with Gasteiger partial charge >= 0.3 is 0 Å². The van der Waals surface area contributed by atoms with Gasteiger partial charge in [-0.25, -0.2) is 0 Å². The number of para-hydroxylation sites is 2. The third-order valence-corrected chi connectivity index (χ3v) is 4.18. The first-order valence-electron chi connectivity index (χ1n) is 7.21. The molecule has 3 rings (SSSR count). The topological polar surface area (TPSA) is 18.5 Å². The molecular formula is C17H20ClN3. The van der Waals surface area contributed by atoms with Crippen molar-refractivity contribution in [2.75, 3.05) is 37.0 Å². The standard InChI is InChI=1S/C17H20ClN3/c1-19-12-13-7-8-14(18)11-17(13)21-10-9-20(2)15-5-3-4-6-16(15)21/h3-8,11,19H,9-10,12H2,1-2H3. The zero-order chi connectivity index (χ0) is 14.8. The maximum absolute atomic E-state index is 6.23. The molecule has 1 heterocycles. The first-order valence-corrected chi connectivity index (χ1v) is 7.59. The van der Waals surface area contributed by atoms with Crippen LogP contribution in [0.25, 0.3) is 0 Å². The minimum atomic E-state index is 0.779. The van der Waals surface area contributed by atoms with Crippen molar-refractivity contribution in [2.45, 2.75) is 6.54 Å². The second-order valence-corrected chi connectivity index (χ2v) is 5.80. The van der Waals surface area contributed by atoms with Crippen molar-refractivity contribution < 1.29 is 0 Å². The first kappa shape index (κ1) is 14.2. The van der Waals surface area contributed by atoms with E-state index in [0.717, 1.165) is 24.7 Å². The lowest BCUT2D eigenvalue weighted by atomic mass is 10.1. The van der Waals surface area contributed by atoms with Gasteiger partial charge in [-0.3, -0.25) is 0 Å². The van der Waals surface area contributed by atoms with Crippen molar-refractivity contribution in [3.63, 3.8) is 0 Å². The summed E-state index contributed by atoms with van der Waals surface area (Å²) in [6.07, 6.45) is 0. The fourth-order valence-corrected chi connectivity index (χ4v) is 3.05. The predicted octanol–water partition coefficient (Wildman–Crippen LogP) is 3.65. The molecule has 0 atom stereocenters. The molecule has 0 saturated heterocycles. The van der Waals surface area contributed by atoms with Crippen LogP contribution in [0.5, 0.6) is 0 Å². The molecule has 0 radical (unpaired) electrons. The van der Waals surface area contributed by atoms with Gasteiger partial charge in [0.25, 0.3) is 0 Å². The Morgan fingerprint density at radius 1 is 1.05 bits per heavy atom. The third kappa shape index (κ3) is 2.71. The van der Waals surface area contributed by atoms with Gasteiger partial charge in [0.2, 0.25) is 0 Å². The number of anilines is 3. The van der Waals surface area contributed by atoms with Gasteiger partial charge in [-0.05, 0) is 36.9 Å². The van der Waals surface area contributed by atoms with E-state index in [0.29, 0.717) is 0 Å². The number of hydrogen-bond donors (Lipinski definition) is 1. The summed E-state index contributed by atoms with van der Waals surface area (Å²) in [5.74, 6) is 0. The number of halogens is 1. The second kappa shape index (κ2) is 5.96. The van der Waals surface area contributed by atoms with Gasteiger partial charge in [0.15, 0.2) is 0 Å². The molecule has 21 heavy (non-hydrogen) atoms. The second-order valence-electron chi connectivity index (χ2n) is 5.37. The highest BCUT2D eigenvalue weighted by molar-refractivity contribution is 6.30. The molecule has 110 valence electrons. The van der Waals surface area contributed by atoms with Gasteiger partial charge in [-0.15, -0.1) is 0 Å². The Balaban J connectivity index is 2.09. The summed E-state index contributed by atoms with van der Waals surface area (Å²) in [6, 6.07) is 14.7. The molecule has 0 aliphatic carbocycles. The third-order valence-electron chi connectivity index (χ3n) is 3.95. The molecule has 2 aromatic rings. The van der Waals surface area contributed by atoms with Crippen LogP contribution in [-0.2, 0) is 6.54 Å². The Kier molecular flexibility index (Phi) is 4.04. The highest BCUT2D eigenvalue weighted by Gasteiger charge is 2.22. The number of nitrogens with one attached hydrogen (secondary N) is 1. The van der Waals surface area contributed by atoms with Gasteiger partial charge in [-0.2, -0.15) is 0 Å². The van der Waals surface area contributed by atoms with Crippen LogP contribution in [0, 0.1) is 0 Å². The van der Waals surface area contributed by atoms with Gasteiger partial charge < -0.3 is 15.1 Å². The quantitative estimate of drug-likeness (QED) is 0.933. The molecule has 0 spiro atoms. The van der Waals surface area contributed by atoms with Crippen molar-refractivity contribution in [3.05, 3.63) is 53.1 Å².